The van der Waals surface area contributed by atoms with Crippen LogP contribution in [0, 0.1) is 0 Å². The van der Waals surface area contributed by atoms with E-state index in [0.717, 1.165) is 52.9 Å². The van der Waals surface area contributed by atoms with Crippen molar-refractivity contribution in [3.63, 3.8) is 0 Å². The maximum absolute atomic E-state index is 12.8. The van der Waals surface area contributed by atoms with Crippen LogP contribution in [0.15, 0.2) is 59.7 Å². The second kappa shape index (κ2) is 9.82. The van der Waals surface area contributed by atoms with Crippen LogP contribution in [0.5, 0.6) is 5.75 Å². The Labute approximate surface area is 171 Å². The molecule has 29 heavy (non-hydrogen) atoms. The highest BCUT2D eigenvalue weighted by atomic mass is 16.5. The predicted molar refractivity (Wildman–Crippen MR) is 118 cm³/mol. The lowest BCUT2D eigenvalue weighted by atomic mass is 10.0. The number of nitrogens with one attached hydrogen (secondary N) is 1. The molecule has 1 N–H and O–H groups in total. The van der Waals surface area contributed by atoms with Crippen molar-refractivity contribution in [2.45, 2.75) is 40.0 Å². The fourth-order valence-electron chi connectivity index (χ4n) is 2.88. The topological polar surface area (TPSA) is 63.6 Å². The van der Waals surface area contributed by atoms with Crippen LogP contribution < -0.4 is 10.2 Å². The maximum atomic E-state index is 12.8. The van der Waals surface area contributed by atoms with Gasteiger partial charge in [0.25, 0.3) is 5.91 Å². The van der Waals surface area contributed by atoms with Crippen LogP contribution in [0.25, 0.3) is 22.2 Å². The highest BCUT2D eigenvalue weighted by molar-refractivity contribution is 6.07. The number of fused-ring (bicyclic) bond motifs is 1. The first-order chi connectivity index (χ1) is 14.1. The van der Waals surface area contributed by atoms with Crippen LogP contribution in [-0.2, 0) is 0 Å². The van der Waals surface area contributed by atoms with Crippen LogP contribution in [-0.4, -0.2) is 23.2 Å². The summed E-state index contributed by atoms with van der Waals surface area (Å²) >= 11 is 0. The average Bonchev–Trinajstić information content (AvgIpc) is 2.76. The molecule has 0 spiro atoms. The standard InChI is InChI=1S/C24H27N3O2/c1-4-6-14-29-19-11-9-10-18(15-19)23-16-21(24(28)27-26-17(3)5-2)20-12-7-8-13-22(20)25-23/h7-13,15-16H,4-6,14H2,1-3H3,(H,27,28)/b26-17+. The fourth-order valence-corrected chi connectivity index (χ4v) is 2.88. The first-order valence-electron chi connectivity index (χ1n) is 10.1. The number of hydrogen-bond acceptors (Lipinski definition) is 4. The normalized spacial score (nSPS) is 11.5. The lowest BCUT2D eigenvalue weighted by molar-refractivity contribution is 0.0956. The third-order valence-electron chi connectivity index (χ3n) is 4.72. The molecule has 0 aliphatic carbocycles. The maximum Gasteiger partial charge on any atom is 0.272 e. The van der Waals surface area contributed by atoms with Crippen molar-refractivity contribution in [2.75, 3.05) is 6.61 Å². The predicted octanol–water partition coefficient (Wildman–Crippen LogP) is 5.60. The second-order valence-electron chi connectivity index (χ2n) is 6.94. The molecule has 0 bridgehead atoms. The molecule has 0 aliphatic heterocycles. The minimum atomic E-state index is -0.243. The number of pyridine rings is 1. The number of benzene rings is 2. The number of hydrogen-bond donors (Lipinski definition) is 1. The van der Waals surface area contributed by atoms with Gasteiger partial charge in [0.1, 0.15) is 5.75 Å². The lowest BCUT2D eigenvalue weighted by Crippen LogP contribution is -2.19. The number of nitrogens with zero attached hydrogens (tertiary/aromatic N) is 2. The Kier molecular flexibility index (Phi) is 6.95. The highest BCUT2D eigenvalue weighted by Gasteiger charge is 2.14. The SMILES string of the molecule is CCCCOc1cccc(-c2cc(C(=O)N/N=C(\C)CC)c3ccccc3n2)c1. The minimum absolute atomic E-state index is 0.243. The Hall–Kier alpha value is -3.21. The Morgan fingerprint density at radius 2 is 1.93 bits per heavy atom. The molecule has 0 fully saturated rings. The van der Waals surface area contributed by atoms with Crippen molar-refractivity contribution in [3.05, 3.63) is 60.2 Å². The van der Waals surface area contributed by atoms with Crippen molar-refractivity contribution >= 4 is 22.5 Å². The zero-order valence-corrected chi connectivity index (χ0v) is 17.2. The van der Waals surface area contributed by atoms with E-state index in [-0.39, 0.29) is 5.91 Å². The summed E-state index contributed by atoms with van der Waals surface area (Å²) in [7, 11) is 0. The van der Waals surface area contributed by atoms with Gasteiger partial charge in [-0.15, -0.1) is 0 Å². The molecule has 1 heterocycles. The molecule has 0 unspecified atom stereocenters. The quantitative estimate of drug-likeness (QED) is 0.310. The molecule has 1 amide bonds. The van der Waals surface area contributed by atoms with Crippen molar-refractivity contribution < 1.29 is 9.53 Å². The zero-order chi connectivity index (χ0) is 20.6. The minimum Gasteiger partial charge on any atom is -0.494 e. The van der Waals surface area contributed by atoms with E-state index in [1.54, 1.807) is 0 Å². The molecule has 2 aromatic carbocycles. The highest BCUT2D eigenvalue weighted by Crippen LogP contribution is 2.27. The molecule has 150 valence electrons. The number of unbranched alkanes of at least 4 members (excludes halogenated alkanes) is 1. The molecule has 0 saturated heterocycles. The monoisotopic (exact) mass is 389 g/mol. The number of hydrazone groups is 1. The first-order valence-corrected chi connectivity index (χ1v) is 10.1. The van der Waals surface area contributed by atoms with Crippen LogP contribution in [0.4, 0.5) is 0 Å². The summed E-state index contributed by atoms with van der Waals surface area (Å²) in [6, 6.07) is 17.3. The number of aromatic nitrogens is 1. The molecule has 5 nitrogen and oxygen atoms in total. The van der Waals surface area contributed by atoms with Gasteiger partial charge in [0.2, 0.25) is 0 Å². The summed E-state index contributed by atoms with van der Waals surface area (Å²) in [6.45, 7) is 6.71. The number of carbonyl (C=O) groups excluding carboxylic acids is 1. The van der Waals surface area contributed by atoms with Crippen LogP contribution in [0.2, 0.25) is 0 Å². The molecule has 3 rings (SSSR count). The summed E-state index contributed by atoms with van der Waals surface area (Å²) in [5.74, 6) is 0.563. The Bertz CT molecular complexity index is 1030. The van der Waals surface area contributed by atoms with E-state index in [9.17, 15) is 4.79 Å². The van der Waals surface area contributed by atoms with Gasteiger partial charge in [-0.25, -0.2) is 10.4 Å². The van der Waals surface area contributed by atoms with Crippen LogP contribution in [0.1, 0.15) is 50.4 Å². The summed E-state index contributed by atoms with van der Waals surface area (Å²) in [5.41, 5.74) is 6.49. The van der Waals surface area contributed by atoms with Crippen molar-refractivity contribution in [3.8, 4) is 17.0 Å². The van der Waals surface area contributed by atoms with Gasteiger partial charge in [0.15, 0.2) is 0 Å². The van der Waals surface area contributed by atoms with Gasteiger partial charge in [0.05, 0.1) is 23.4 Å². The molecule has 0 saturated carbocycles. The third-order valence-corrected chi connectivity index (χ3v) is 4.72. The summed E-state index contributed by atoms with van der Waals surface area (Å²) in [6.07, 6.45) is 2.89. The van der Waals surface area contributed by atoms with E-state index >= 15 is 0 Å². The Morgan fingerprint density at radius 3 is 2.72 bits per heavy atom. The molecule has 0 atom stereocenters. The molecular weight excluding hydrogens is 362 g/mol. The second-order valence-corrected chi connectivity index (χ2v) is 6.94. The number of amides is 1. The van der Waals surface area contributed by atoms with Gasteiger partial charge in [-0.2, -0.15) is 5.10 Å². The molecule has 5 heteroatoms. The van der Waals surface area contributed by atoms with Gasteiger partial charge >= 0.3 is 0 Å². The fraction of sp³-hybridized carbons (Fsp3) is 0.292. The molecular formula is C24H27N3O2. The summed E-state index contributed by atoms with van der Waals surface area (Å²) < 4.78 is 5.83. The van der Waals surface area contributed by atoms with E-state index in [1.165, 1.54) is 0 Å². The third kappa shape index (κ3) is 5.19. The van der Waals surface area contributed by atoms with Crippen LogP contribution in [0.3, 0.4) is 0 Å². The smallest absolute Gasteiger partial charge is 0.272 e. The molecule has 1 aromatic heterocycles. The van der Waals surface area contributed by atoms with E-state index in [4.69, 9.17) is 9.72 Å². The zero-order valence-electron chi connectivity index (χ0n) is 17.2. The number of para-hydroxylation sites is 1. The summed E-state index contributed by atoms with van der Waals surface area (Å²) in [4.78, 5) is 17.6. The first kappa shape index (κ1) is 20.5. The average molecular weight is 389 g/mol. The van der Waals surface area contributed by atoms with Gasteiger partial charge in [-0.3, -0.25) is 4.79 Å². The van der Waals surface area contributed by atoms with Crippen molar-refractivity contribution in [2.24, 2.45) is 5.10 Å². The van der Waals surface area contributed by atoms with E-state index in [2.05, 4.69) is 17.5 Å². The molecule has 0 radical (unpaired) electrons. The Balaban J connectivity index is 1.99. The van der Waals surface area contributed by atoms with E-state index in [1.807, 2.05) is 68.4 Å². The number of ether oxygens (including phenoxy) is 1. The van der Waals surface area contributed by atoms with E-state index in [0.29, 0.717) is 12.2 Å². The Morgan fingerprint density at radius 1 is 1.10 bits per heavy atom. The van der Waals surface area contributed by atoms with Crippen molar-refractivity contribution in [1.82, 2.24) is 10.4 Å². The van der Waals surface area contributed by atoms with Crippen LogP contribution >= 0.6 is 0 Å². The van der Waals surface area contributed by atoms with E-state index < -0.39 is 0 Å². The number of rotatable bonds is 8. The molecule has 0 aliphatic rings. The van der Waals surface area contributed by atoms with Gasteiger partial charge in [-0.1, -0.05) is 50.6 Å². The van der Waals surface area contributed by atoms with Gasteiger partial charge in [-0.05, 0) is 44.0 Å². The number of carbonyl (C=O) groups is 1. The largest absolute Gasteiger partial charge is 0.494 e. The summed E-state index contributed by atoms with van der Waals surface area (Å²) in [5, 5.41) is 4.96. The molecule has 3 aromatic rings. The van der Waals surface area contributed by atoms with Gasteiger partial charge < -0.3 is 4.74 Å². The van der Waals surface area contributed by atoms with Crippen molar-refractivity contribution in [1.29, 1.82) is 0 Å². The lowest BCUT2D eigenvalue weighted by Gasteiger charge is -2.11. The van der Waals surface area contributed by atoms with Gasteiger partial charge in [0, 0.05) is 16.7 Å².